The normalized spacial score (nSPS) is 9.86. The minimum atomic E-state index is -0.630. The van der Waals surface area contributed by atoms with Gasteiger partial charge in [-0.1, -0.05) is 11.8 Å². The van der Waals surface area contributed by atoms with Crippen molar-refractivity contribution in [3.63, 3.8) is 0 Å². The second-order valence-electron chi connectivity index (χ2n) is 4.28. The van der Waals surface area contributed by atoms with Crippen molar-refractivity contribution < 1.29 is 14.3 Å². The van der Waals surface area contributed by atoms with Crippen LogP contribution < -0.4 is 0 Å². The van der Waals surface area contributed by atoms with Crippen LogP contribution in [0.15, 0.2) is 29.9 Å². The molecular formula is C15H13FN2O2S. The van der Waals surface area contributed by atoms with E-state index >= 15 is 0 Å². The summed E-state index contributed by atoms with van der Waals surface area (Å²) in [4.78, 5) is 18.1. The van der Waals surface area contributed by atoms with Crippen LogP contribution in [-0.4, -0.2) is 34.6 Å². The fourth-order valence-corrected chi connectivity index (χ4v) is 2.60. The number of nitrogens with zero attached hydrogens (tertiary/aromatic N) is 2. The molecule has 0 saturated heterocycles. The molecule has 1 N–H and O–H groups in total. The van der Waals surface area contributed by atoms with Crippen molar-refractivity contribution in [3.8, 4) is 11.8 Å². The molecule has 0 aliphatic carbocycles. The number of rotatable bonds is 3. The van der Waals surface area contributed by atoms with Gasteiger partial charge in [0.25, 0.3) is 5.91 Å². The van der Waals surface area contributed by atoms with E-state index in [-0.39, 0.29) is 12.2 Å². The number of aliphatic hydroxyl groups is 1. The summed E-state index contributed by atoms with van der Waals surface area (Å²) in [5, 5.41) is 10.5. The maximum absolute atomic E-state index is 13.5. The van der Waals surface area contributed by atoms with E-state index < -0.39 is 11.7 Å². The molecule has 0 radical (unpaired) electrons. The van der Waals surface area contributed by atoms with E-state index in [2.05, 4.69) is 16.8 Å². The van der Waals surface area contributed by atoms with Crippen molar-refractivity contribution >= 4 is 17.2 Å². The Morgan fingerprint density at radius 3 is 3.10 bits per heavy atom. The third-order valence-electron chi connectivity index (χ3n) is 2.71. The number of halogens is 1. The van der Waals surface area contributed by atoms with Crippen LogP contribution in [0.2, 0.25) is 0 Å². The lowest BCUT2D eigenvalue weighted by Gasteiger charge is -2.16. The largest absolute Gasteiger partial charge is 0.384 e. The molecule has 0 aromatic carbocycles. The molecule has 0 spiro atoms. The van der Waals surface area contributed by atoms with E-state index in [1.807, 2.05) is 11.4 Å². The Morgan fingerprint density at radius 2 is 2.38 bits per heavy atom. The second kappa shape index (κ2) is 6.97. The molecule has 21 heavy (non-hydrogen) atoms. The number of aromatic nitrogens is 1. The van der Waals surface area contributed by atoms with Gasteiger partial charge in [0, 0.05) is 29.1 Å². The highest BCUT2D eigenvalue weighted by molar-refractivity contribution is 7.10. The number of hydrogen-bond donors (Lipinski definition) is 1. The predicted octanol–water partition coefficient (Wildman–Crippen LogP) is 1.90. The van der Waals surface area contributed by atoms with Gasteiger partial charge < -0.3 is 10.0 Å². The highest BCUT2D eigenvalue weighted by Crippen LogP contribution is 2.17. The number of carbonyl (C=O) groups is 1. The van der Waals surface area contributed by atoms with Gasteiger partial charge in [-0.2, -0.15) is 0 Å². The molecule has 4 nitrogen and oxygen atoms in total. The van der Waals surface area contributed by atoms with Gasteiger partial charge in [0.2, 0.25) is 0 Å². The Bertz CT molecular complexity index is 703. The lowest BCUT2D eigenvalue weighted by molar-refractivity contribution is 0.0781. The predicted molar refractivity (Wildman–Crippen MR) is 78.3 cm³/mol. The maximum atomic E-state index is 13.5. The molecule has 2 heterocycles. The van der Waals surface area contributed by atoms with E-state index in [0.717, 1.165) is 16.6 Å². The molecule has 0 atom stereocenters. The molecule has 2 aromatic rings. The number of thiophene rings is 1. The molecule has 0 unspecified atom stereocenters. The van der Waals surface area contributed by atoms with Gasteiger partial charge >= 0.3 is 0 Å². The van der Waals surface area contributed by atoms with Crippen LogP contribution >= 0.6 is 11.3 Å². The van der Waals surface area contributed by atoms with Crippen molar-refractivity contribution in [1.29, 1.82) is 0 Å². The zero-order chi connectivity index (χ0) is 15.2. The molecule has 108 valence electrons. The molecule has 2 rings (SSSR count). The van der Waals surface area contributed by atoms with Gasteiger partial charge in [0.05, 0.1) is 18.3 Å². The summed E-state index contributed by atoms with van der Waals surface area (Å²) in [6, 6.07) is 3.21. The van der Waals surface area contributed by atoms with Crippen LogP contribution in [-0.2, 0) is 6.54 Å². The summed E-state index contributed by atoms with van der Waals surface area (Å²) in [6.07, 6.45) is 2.41. The minimum Gasteiger partial charge on any atom is -0.384 e. The van der Waals surface area contributed by atoms with Gasteiger partial charge in [-0.25, -0.2) is 4.39 Å². The highest BCUT2D eigenvalue weighted by atomic mass is 32.1. The Kier molecular flexibility index (Phi) is 5.04. The first-order valence-corrected chi connectivity index (χ1v) is 7.02. The lowest BCUT2D eigenvalue weighted by Crippen LogP contribution is -2.26. The smallest absolute Gasteiger partial charge is 0.257 e. The van der Waals surface area contributed by atoms with Gasteiger partial charge in [-0.05, 0) is 12.1 Å². The van der Waals surface area contributed by atoms with Gasteiger partial charge in [-0.15, -0.1) is 11.3 Å². The highest BCUT2D eigenvalue weighted by Gasteiger charge is 2.16. The van der Waals surface area contributed by atoms with E-state index in [1.165, 1.54) is 28.5 Å². The van der Waals surface area contributed by atoms with Crippen LogP contribution in [0, 0.1) is 17.7 Å². The molecule has 6 heteroatoms. The third kappa shape index (κ3) is 3.88. The van der Waals surface area contributed by atoms with Gasteiger partial charge in [-0.3, -0.25) is 9.78 Å². The number of hydrogen-bond acceptors (Lipinski definition) is 4. The average molecular weight is 304 g/mol. The summed E-state index contributed by atoms with van der Waals surface area (Å²) in [6.45, 7) is 0.178. The summed E-state index contributed by atoms with van der Waals surface area (Å²) < 4.78 is 13.5. The fourth-order valence-electron chi connectivity index (χ4n) is 1.73. The van der Waals surface area contributed by atoms with Gasteiger partial charge in [0.1, 0.15) is 6.61 Å². The van der Waals surface area contributed by atoms with Crippen molar-refractivity contribution in [1.82, 2.24) is 9.88 Å². The summed E-state index contributed by atoms with van der Waals surface area (Å²) in [7, 11) is 1.61. The first kappa shape index (κ1) is 15.2. The molecule has 2 aromatic heterocycles. The van der Waals surface area contributed by atoms with Gasteiger partial charge in [0.15, 0.2) is 5.82 Å². The van der Waals surface area contributed by atoms with Crippen LogP contribution in [0.3, 0.4) is 0 Å². The Labute approximate surface area is 125 Å². The lowest BCUT2D eigenvalue weighted by atomic mass is 10.2. The fraction of sp³-hybridized carbons (Fsp3) is 0.200. The number of carbonyl (C=O) groups excluding carboxylic acids is 1. The summed E-state index contributed by atoms with van der Waals surface area (Å²) in [5.41, 5.74) is 0.796. The van der Waals surface area contributed by atoms with Crippen LogP contribution in [0.4, 0.5) is 4.39 Å². The van der Waals surface area contributed by atoms with Crippen LogP contribution in [0.25, 0.3) is 0 Å². The van der Waals surface area contributed by atoms with E-state index in [9.17, 15) is 9.18 Å². The topological polar surface area (TPSA) is 53.4 Å². The zero-order valence-electron chi connectivity index (χ0n) is 11.3. The Morgan fingerprint density at radius 1 is 1.57 bits per heavy atom. The van der Waals surface area contributed by atoms with E-state index in [0.29, 0.717) is 6.54 Å². The monoisotopic (exact) mass is 304 g/mol. The molecule has 0 bridgehead atoms. The average Bonchev–Trinajstić information content (AvgIpc) is 2.92. The maximum Gasteiger partial charge on any atom is 0.257 e. The van der Waals surface area contributed by atoms with Crippen molar-refractivity contribution in [2.45, 2.75) is 6.54 Å². The number of pyridine rings is 1. The molecule has 0 aliphatic rings. The summed E-state index contributed by atoms with van der Waals surface area (Å²) >= 11 is 1.46. The molecular weight excluding hydrogens is 291 g/mol. The molecule has 0 saturated carbocycles. The zero-order valence-corrected chi connectivity index (χ0v) is 12.2. The second-order valence-corrected chi connectivity index (χ2v) is 5.27. The number of amides is 1. The van der Waals surface area contributed by atoms with Crippen LogP contribution in [0.1, 0.15) is 20.8 Å². The standard InChI is InChI=1S/C15H13FN2O2S/c1-18(15(20)13-4-5-17-8-14(13)16)9-12-7-11(10-21-12)3-2-6-19/h4-5,7-8,10,19H,6,9H2,1H3. The van der Waals surface area contributed by atoms with Crippen molar-refractivity contribution in [3.05, 3.63) is 51.7 Å². The van der Waals surface area contributed by atoms with Crippen LogP contribution in [0.5, 0.6) is 0 Å². The van der Waals surface area contributed by atoms with E-state index in [1.54, 1.807) is 7.05 Å². The quantitative estimate of drug-likeness (QED) is 0.881. The third-order valence-corrected chi connectivity index (χ3v) is 3.63. The Hall–Kier alpha value is -2.23. The summed E-state index contributed by atoms with van der Waals surface area (Å²) in [5.74, 6) is 4.33. The SMILES string of the molecule is CN(Cc1cc(C#CCO)cs1)C(=O)c1ccncc1F. The minimum absolute atomic E-state index is 0.00403. The molecule has 0 aliphatic heterocycles. The Balaban J connectivity index is 2.07. The number of aliphatic hydroxyl groups excluding tert-OH is 1. The van der Waals surface area contributed by atoms with Crippen molar-refractivity contribution in [2.75, 3.05) is 13.7 Å². The molecule has 1 amide bonds. The first-order valence-electron chi connectivity index (χ1n) is 6.14. The van der Waals surface area contributed by atoms with Crippen molar-refractivity contribution in [2.24, 2.45) is 0 Å². The first-order chi connectivity index (χ1) is 10.1. The van der Waals surface area contributed by atoms with E-state index in [4.69, 9.17) is 5.11 Å². The molecule has 0 fully saturated rings.